The molecule has 0 spiro atoms. The summed E-state index contributed by atoms with van der Waals surface area (Å²) >= 11 is 0. The maximum Gasteiger partial charge on any atom is 0.135 e. The van der Waals surface area contributed by atoms with Crippen molar-refractivity contribution in [1.29, 1.82) is 0 Å². The first kappa shape index (κ1) is 18.2. The highest BCUT2D eigenvalue weighted by Gasteiger charge is 2.16. The number of benzene rings is 1. The number of ketones is 1. The van der Waals surface area contributed by atoms with Crippen LogP contribution < -0.4 is 0 Å². The van der Waals surface area contributed by atoms with Gasteiger partial charge in [-0.3, -0.25) is 9.63 Å². The number of piperidine rings is 1. The third kappa shape index (κ3) is 7.28. The maximum absolute atomic E-state index is 11.2. The van der Waals surface area contributed by atoms with Crippen LogP contribution in [0.15, 0.2) is 24.3 Å². The number of carbonyl (C=O) groups excluding carboxylic acids is 1. The Kier molecular flexibility index (Phi) is 8.33. The van der Waals surface area contributed by atoms with Crippen LogP contribution in [0.4, 0.5) is 0 Å². The summed E-state index contributed by atoms with van der Waals surface area (Å²) in [4.78, 5) is 17.0. The summed E-state index contributed by atoms with van der Waals surface area (Å²) in [6, 6.07) is 8.79. The van der Waals surface area contributed by atoms with Gasteiger partial charge in [0.15, 0.2) is 0 Å². The average Bonchev–Trinajstić information content (AvgIpc) is 2.58. The Bertz CT molecular complexity index is 445. The largest absolute Gasteiger partial charge is 0.300 e. The second-order valence-corrected chi connectivity index (χ2v) is 6.58. The van der Waals surface area contributed by atoms with Gasteiger partial charge in [0, 0.05) is 25.9 Å². The fourth-order valence-electron chi connectivity index (χ4n) is 2.94. The number of aryl methyl sites for hydroxylation is 1. The molecule has 0 bridgehead atoms. The summed E-state index contributed by atoms with van der Waals surface area (Å²) in [5.74, 6) is 0.351. The van der Waals surface area contributed by atoms with Crippen LogP contribution in [0.3, 0.4) is 0 Å². The van der Waals surface area contributed by atoms with Crippen LogP contribution in [0.5, 0.6) is 0 Å². The first-order chi connectivity index (χ1) is 11.3. The fraction of sp³-hybridized carbons (Fsp3) is 0.650. The standard InChI is InChI=1S/C20H31NO2/c1-2-3-4-5-6-7-8-18-9-11-19(12-10-18)17-23-21-15-13-20(22)14-16-21/h9-12H,2-8,13-17H2,1H3. The SMILES string of the molecule is CCCCCCCCc1ccc(CON2CCC(=O)CC2)cc1. The quantitative estimate of drug-likeness (QED) is 0.587. The van der Waals surface area contributed by atoms with E-state index in [1.165, 1.54) is 56.1 Å². The van der Waals surface area contributed by atoms with Crippen LogP contribution in [0.1, 0.15) is 69.4 Å². The van der Waals surface area contributed by atoms with Crippen molar-refractivity contribution < 1.29 is 9.63 Å². The van der Waals surface area contributed by atoms with E-state index in [1.807, 2.05) is 5.06 Å². The molecule has 1 aromatic carbocycles. The molecule has 0 radical (unpaired) electrons. The molecule has 2 rings (SSSR count). The van der Waals surface area contributed by atoms with Gasteiger partial charge < -0.3 is 0 Å². The molecule has 23 heavy (non-hydrogen) atoms. The molecule has 1 aliphatic rings. The molecule has 0 aromatic heterocycles. The van der Waals surface area contributed by atoms with Gasteiger partial charge in [0.2, 0.25) is 0 Å². The van der Waals surface area contributed by atoms with Gasteiger partial charge in [-0.2, -0.15) is 5.06 Å². The zero-order valence-electron chi connectivity index (χ0n) is 14.6. The van der Waals surface area contributed by atoms with Gasteiger partial charge in [-0.15, -0.1) is 0 Å². The predicted octanol–water partition coefficient (Wildman–Crippen LogP) is 4.69. The second-order valence-electron chi connectivity index (χ2n) is 6.58. The number of hydroxylamine groups is 2. The summed E-state index contributed by atoms with van der Waals surface area (Å²) in [5, 5.41) is 1.92. The third-order valence-electron chi connectivity index (χ3n) is 4.54. The van der Waals surface area contributed by atoms with Gasteiger partial charge in [-0.25, -0.2) is 0 Å². The molecule has 128 valence electrons. The molecule has 0 aliphatic carbocycles. The molecule has 1 aromatic rings. The molecular weight excluding hydrogens is 286 g/mol. The van der Waals surface area contributed by atoms with E-state index in [1.54, 1.807) is 0 Å². The highest BCUT2D eigenvalue weighted by atomic mass is 16.7. The first-order valence-electron chi connectivity index (χ1n) is 9.25. The van der Waals surface area contributed by atoms with E-state index in [0.29, 0.717) is 25.2 Å². The minimum Gasteiger partial charge on any atom is -0.300 e. The van der Waals surface area contributed by atoms with Crippen LogP contribution >= 0.6 is 0 Å². The lowest BCUT2D eigenvalue weighted by atomic mass is 10.0. The Morgan fingerprint density at radius 2 is 1.52 bits per heavy atom. The summed E-state index contributed by atoms with van der Waals surface area (Å²) in [6.07, 6.45) is 10.5. The third-order valence-corrected chi connectivity index (χ3v) is 4.54. The van der Waals surface area contributed by atoms with E-state index >= 15 is 0 Å². The van der Waals surface area contributed by atoms with Crippen molar-refractivity contribution in [2.45, 2.75) is 71.3 Å². The molecule has 0 amide bonds. The zero-order valence-corrected chi connectivity index (χ0v) is 14.6. The lowest BCUT2D eigenvalue weighted by Gasteiger charge is -2.24. The molecular formula is C20H31NO2. The lowest BCUT2D eigenvalue weighted by Crippen LogP contribution is -2.33. The van der Waals surface area contributed by atoms with Gasteiger partial charge in [-0.1, -0.05) is 63.3 Å². The van der Waals surface area contributed by atoms with Crippen LogP contribution in [-0.2, 0) is 22.7 Å². The Morgan fingerprint density at radius 3 is 2.22 bits per heavy atom. The van der Waals surface area contributed by atoms with Crippen molar-refractivity contribution in [2.75, 3.05) is 13.1 Å². The molecule has 0 saturated carbocycles. The monoisotopic (exact) mass is 317 g/mol. The van der Waals surface area contributed by atoms with E-state index in [-0.39, 0.29) is 0 Å². The van der Waals surface area contributed by atoms with Crippen molar-refractivity contribution in [1.82, 2.24) is 5.06 Å². The molecule has 0 unspecified atom stereocenters. The average molecular weight is 317 g/mol. The molecule has 3 heteroatoms. The summed E-state index contributed by atoms with van der Waals surface area (Å²) < 4.78 is 0. The maximum atomic E-state index is 11.2. The summed E-state index contributed by atoms with van der Waals surface area (Å²) in [7, 11) is 0. The molecule has 1 fully saturated rings. The Balaban J connectivity index is 1.61. The summed E-state index contributed by atoms with van der Waals surface area (Å²) in [5.41, 5.74) is 2.63. The minimum absolute atomic E-state index is 0.351. The van der Waals surface area contributed by atoms with E-state index in [0.717, 1.165) is 13.1 Å². The molecule has 0 N–H and O–H groups in total. The number of rotatable bonds is 10. The van der Waals surface area contributed by atoms with Crippen LogP contribution in [-0.4, -0.2) is 23.9 Å². The predicted molar refractivity (Wildman–Crippen MR) is 94.1 cm³/mol. The van der Waals surface area contributed by atoms with E-state index < -0.39 is 0 Å². The van der Waals surface area contributed by atoms with Crippen LogP contribution in [0.25, 0.3) is 0 Å². The molecule has 0 atom stereocenters. The lowest BCUT2D eigenvalue weighted by molar-refractivity contribution is -0.180. The van der Waals surface area contributed by atoms with Crippen molar-refractivity contribution in [3.8, 4) is 0 Å². The summed E-state index contributed by atoms with van der Waals surface area (Å²) in [6.45, 7) is 4.32. The number of Topliss-reactive ketones (excluding diaryl/α,β-unsaturated/α-hetero) is 1. The Labute approximate surface area is 141 Å². The normalized spacial score (nSPS) is 16.0. The molecule has 1 aliphatic heterocycles. The van der Waals surface area contributed by atoms with Crippen molar-refractivity contribution >= 4 is 5.78 Å². The number of hydrogen-bond acceptors (Lipinski definition) is 3. The van der Waals surface area contributed by atoms with Gasteiger partial charge in [0.25, 0.3) is 0 Å². The highest BCUT2D eigenvalue weighted by molar-refractivity contribution is 5.79. The Hall–Kier alpha value is -1.19. The smallest absolute Gasteiger partial charge is 0.135 e. The zero-order chi connectivity index (χ0) is 16.3. The van der Waals surface area contributed by atoms with Gasteiger partial charge >= 0.3 is 0 Å². The minimum atomic E-state index is 0.351. The number of nitrogens with zero attached hydrogens (tertiary/aromatic N) is 1. The second kappa shape index (κ2) is 10.6. The Morgan fingerprint density at radius 1 is 0.913 bits per heavy atom. The highest BCUT2D eigenvalue weighted by Crippen LogP contribution is 2.13. The van der Waals surface area contributed by atoms with Gasteiger partial charge in [-0.05, 0) is 24.0 Å². The topological polar surface area (TPSA) is 29.5 Å². The van der Waals surface area contributed by atoms with E-state index in [2.05, 4.69) is 31.2 Å². The number of unbranched alkanes of at least 4 members (excludes halogenated alkanes) is 5. The molecule has 1 heterocycles. The van der Waals surface area contributed by atoms with E-state index in [4.69, 9.17) is 4.84 Å². The van der Waals surface area contributed by atoms with Crippen molar-refractivity contribution in [3.05, 3.63) is 35.4 Å². The van der Waals surface area contributed by atoms with Gasteiger partial charge in [0.1, 0.15) is 5.78 Å². The van der Waals surface area contributed by atoms with Gasteiger partial charge in [0.05, 0.1) is 6.61 Å². The van der Waals surface area contributed by atoms with Crippen LogP contribution in [0.2, 0.25) is 0 Å². The number of carbonyl (C=O) groups is 1. The van der Waals surface area contributed by atoms with E-state index in [9.17, 15) is 4.79 Å². The van der Waals surface area contributed by atoms with Crippen LogP contribution in [0, 0.1) is 0 Å². The van der Waals surface area contributed by atoms with Crippen molar-refractivity contribution in [2.24, 2.45) is 0 Å². The first-order valence-corrected chi connectivity index (χ1v) is 9.25. The fourth-order valence-corrected chi connectivity index (χ4v) is 2.94. The number of hydrogen-bond donors (Lipinski definition) is 0. The molecule has 1 saturated heterocycles. The van der Waals surface area contributed by atoms with Crippen molar-refractivity contribution in [3.63, 3.8) is 0 Å². The molecule has 3 nitrogen and oxygen atoms in total.